The quantitative estimate of drug-likeness (QED) is 0.653. The summed E-state index contributed by atoms with van der Waals surface area (Å²) in [4.78, 5) is 19.1. The zero-order valence-corrected chi connectivity index (χ0v) is 12.7. The van der Waals surface area contributed by atoms with Crippen LogP contribution in [-0.2, 0) is 10.3 Å². The summed E-state index contributed by atoms with van der Waals surface area (Å²) in [5.41, 5.74) is -0.362. The lowest BCUT2D eigenvalue weighted by Crippen LogP contribution is -2.51. The molecule has 2 rings (SSSR count). The minimum atomic E-state index is -1.12. The third-order valence-corrected chi connectivity index (χ3v) is 4.28. The van der Waals surface area contributed by atoms with Gasteiger partial charge in [-0.15, -0.1) is 0 Å². The molecule has 6 heteroatoms. The van der Waals surface area contributed by atoms with Gasteiger partial charge in [0.2, 0.25) is 0 Å². The first-order valence-electron chi connectivity index (χ1n) is 6.85. The maximum atomic E-state index is 12.0. The van der Waals surface area contributed by atoms with Gasteiger partial charge in [0.25, 0.3) is 0 Å². The lowest BCUT2D eigenvalue weighted by atomic mass is 9.91. The lowest BCUT2D eigenvalue weighted by Gasteiger charge is -2.30. The minimum Gasteiger partial charge on any atom is -0.480 e. The molecule has 0 bridgehead atoms. The van der Waals surface area contributed by atoms with Crippen molar-refractivity contribution in [1.82, 2.24) is 15.3 Å². The molecule has 0 fully saturated rings. The van der Waals surface area contributed by atoms with Gasteiger partial charge in [-0.2, -0.15) is 0 Å². The average molecular weight is 305 g/mol. The van der Waals surface area contributed by atoms with Crippen LogP contribution in [0.3, 0.4) is 0 Å². The number of nitrogens with one attached hydrogen (secondary N) is 2. The summed E-state index contributed by atoms with van der Waals surface area (Å²) >= 11 is 1.40. The Hall–Kier alpha value is -1.79. The highest BCUT2D eigenvalue weighted by Gasteiger charge is 2.40. The number of H-pyrrole nitrogens is 1. The Morgan fingerprint density at radius 2 is 2.19 bits per heavy atom. The number of thioether (sulfide) groups is 1. The summed E-state index contributed by atoms with van der Waals surface area (Å²) in [6.45, 7) is 2.66. The van der Waals surface area contributed by atoms with Crippen LogP contribution in [0.25, 0.3) is 0 Å². The summed E-state index contributed by atoms with van der Waals surface area (Å²) in [5, 5.41) is 13.7. The molecule has 1 aromatic heterocycles. The van der Waals surface area contributed by atoms with E-state index in [0.29, 0.717) is 12.3 Å². The van der Waals surface area contributed by atoms with Gasteiger partial charge in [-0.3, -0.25) is 5.32 Å². The molecular formula is C15H19N3O2S. The van der Waals surface area contributed by atoms with Gasteiger partial charge in [0.05, 0.1) is 0 Å². The topological polar surface area (TPSA) is 78.0 Å². The number of carboxylic acid groups (broad SMARTS) is 1. The number of aliphatic carboxylic acids is 1. The van der Waals surface area contributed by atoms with Crippen LogP contribution in [-0.4, -0.2) is 33.3 Å². The van der Waals surface area contributed by atoms with Crippen LogP contribution in [0.5, 0.6) is 0 Å². The van der Waals surface area contributed by atoms with E-state index in [-0.39, 0.29) is 0 Å². The standard InChI is InChI=1S/C15H19N3O2S/c1-2-8-18-15(13(19)20,12-6-4-3-5-7-12)11-21-14-16-9-10-17-14/h3-7,9-10,18H,2,8,11H2,1H3,(H,16,17)(H,19,20). The fourth-order valence-electron chi connectivity index (χ4n) is 2.06. The van der Waals surface area contributed by atoms with E-state index >= 15 is 0 Å². The Morgan fingerprint density at radius 3 is 2.76 bits per heavy atom. The molecule has 0 aliphatic rings. The SMILES string of the molecule is CCCNC(CSc1ncc[nH]1)(C(=O)O)c1ccccc1. The molecule has 1 unspecified atom stereocenters. The molecule has 5 nitrogen and oxygen atoms in total. The Labute approximate surface area is 128 Å². The van der Waals surface area contributed by atoms with Gasteiger partial charge in [0.15, 0.2) is 10.7 Å². The van der Waals surface area contributed by atoms with Crippen LogP contribution in [0.1, 0.15) is 18.9 Å². The van der Waals surface area contributed by atoms with Crippen molar-refractivity contribution in [3.05, 3.63) is 48.3 Å². The average Bonchev–Trinajstić information content (AvgIpc) is 3.02. The molecule has 0 aliphatic heterocycles. The predicted octanol–water partition coefficient (Wildman–Crippen LogP) is 2.48. The molecule has 0 saturated carbocycles. The number of nitrogens with zero attached hydrogens (tertiary/aromatic N) is 1. The van der Waals surface area contributed by atoms with E-state index in [1.807, 2.05) is 37.3 Å². The second kappa shape index (κ2) is 7.28. The highest BCUT2D eigenvalue weighted by atomic mass is 32.2. The van der Waals surface area contributed by atoms with Gasteiger partial charge in [0.1, 0.15) is 0 Å². The number of rotatable bonds is 8. The zero-order chi connectivity index (χ0) is 15.1. The summed E-state index contributed by atoms with van der Waals surface area (Å²) in [6, 6.07) is 9.30. The molecule has 0 saturated heterocycles. The molecule has 1 atom stereocenters. The van der Waals surface area contributed by atoms with E-state index in [4.69, 9.17) is 0 Å². The number of benzene rings is 1. The summed E-state index contributed by atoms with van der Waals surface area (Å²) in [5.74, 6) is -0.513. The molecule has 0 amide bonds. The van der Waals surface area contributed by atoms with Crippen molar-refractivity contribution < 1.29 is 9.90 Å². The first-order chi connectivity index (χ1) is 10.2. The van der Waals surface area contributed by atoms with E-state index in [9.17, 15) is 9.90 Å². The molecule has 0 radical (unpaired) electrons. The molecule has 1 aromatic carbocycles. The monoisotopic (exact) mass is 305 g/mol. The summed E-state index contributed by atoms with van der Waals surface area (Å²) in [7, 11) is 0. The lowest BCUT2D eigenvalue weighted by molar-refractivity contribution is -0.144. The number of hydrogen-bond acceptors (Lipinski definition) is 4. The summed E-state index contributed by atoms with van der Waals surface area (Å²) < 4.78 is 0. The predicted molar refractivity (Wildman–Crippen MR) is 83.4 cm³/mol. The minimum absolute atomic E-state index is 0.361. The van der Waals surface area contributed by atoms with Gasteiger partial charge >= 0.3 is 5.97 Å². The maximum Gasteiger partial charge on any atom is 0.329 e. The number of imidazole rings is 1. The highest BCUT2D eigenvalue weighted by molar-refractivity contribution is 7.99. The molecule has 112 valence electrons. The van der Waals surface area contributed by atoms with Gasteiger partial charge in [-0.1, -0.05) is 49.0 Å². The zero-order valence-electron chi connectivity index (χ0n) is 11.9. The Morgan fingerprint density at radius 1 is 1.43 bits per heavy atom. The van der Waals surface area contributed by atoms with Crippen LogP contribution >= 0.6 is 11.8 Å². The third-order valence-electron chi connectivity index (χ3n) is 3.21. The Bertz CT molecular complexity index is 560. The molecule has 3 N–H and O–H groups in total. The van der Waals surface area contributed by atoms with E-state index in [2.05, 4.69) is 15.3 Å². The van der Waals surface area contributed by atoms with Gasteiger partial charge in [-0.05, 0) is 18.5 Å². The van der Waals surface area contributed by atoms with Crippen LogP contribution in [0.4, 0.5) is 0 Å². The molecule has 1 heterocycles. The van der Waals surface area contributed by atoms with Crippen molar-refractivity contribution in [2.24, 2.45) is 0 Å². The molecule has 0 aliphatic carbocycles. The fraction of sp³-hybridized carbons (Fsp3) is 0.333. The maximum absolute atomic E-state index is 12.0. The van der Waals surface area contributed by atoms with Crippen LogP contribution in [0, 0.1) is 0 Å². The first kappa shape index (κ1) is 15.6. The van der Waals surface area contributed by atoms with E-state index in [0.717, 1.165) is 17.1 Å². The Kier molecular flexibility index (Phi) is 5.41. The third kappa shape index (κ3) is 3.65. The van der Waals surface area contributed by atoms with Gasteiger partial charge in [0, 0.05) is 18.1 Å². The number of carboxylic acids is 1. The van der Waals surface area contributed by atoms with Crippen LogP contribution in [0.15, 0.2) is 47.9 Å². The molecule has 0 spiro atoms. The molecule has 21 heavy (non-hydrogen) atoms. The first-order valence-corrected chi connectivity index (χ1v) is 7.83. The number of carbonyl (C=O) groups is 1. The number of aromatic nitrogens is 2. The van der Waals surface area contributed by atoms with E-state index in [1.54, 1.807) is 12.4 Å². The van der Waals surface area contributed by atoms with Crippen molar-refractivity contribution >= 4 is 17.7 Å². The number of hydrogen-bond donors (Lipinski definition) is 3. The number of aromatic amines is 1. The van der Waals surface area contributed by atoms with Gasteiger partial charge < -0.3 is 10.1 Å². The van der Waals surface area contributed by atoms with Crippen molar-refractivity contribution in [2.75, 3.05) is 12.3 Å². The van der Waals surface area contributed by atoms with Crippen molar-refractivity contribution in [2.45, 2.75) is 24.0 Å². The van der Waals surface area contributed by atoms with Gasteiger partial charge in [-0.25, -0.2) is 9.78 Å². The fourth-order valence-corrected chi connectivity index (χ4v) is 3.10. The smallest absolute Gasteiger partial charge is 0.329 e. The second-order valence-electron chi connectivity index (χ2n) is 4.69. The normalized spacial score (nSPS) is 13.8. The largest absolute Gasteiger partial charge is 0.480 e. The highest BCUT2D eigenvalue weighted by Crippen LogP contribution is 2.29. The molecule has 2 aromatic rings. The van der Waals surface area contributed by atoms with Crippen LogP contribution in [0.2, 0.25) is 0 Å². The van der Waals surface area contributed by atoms with E-state index in [1.165, 1.54) is 11.8 Å². The van der Waals surface area contributed by atoms with Crippen molar-refractivity contribution in [3.8, 4) is 0 Å². The van der Waals surface area contributed by atoms with Crippen molar-refractivity contribution in [1.29, 1.82) is 0 Å². The Balaban J connectivity index is 2.28. The van der Waals surface area contributed by atoms with Crippen molar-refractivity contribution in [3.63, 3.8) is 0 Å². The summed E-state index contributed by atoms with van der Waals surface area (Å²) in [6.07, 6.45) is 4.26. The van der Waals surface area contributed by atoms with E-state index < -0.39 is 11.5 Å². The second-order valence-corrected chi connectivity index (χ2v) is 5.65. The van der Waals surface area contributed by atoms with Crippen LogP contribution < -0.4 is 5.32 Å². The molecular weight excluding hydrogens is 286 g/mol.